The molecular formula is C20H27N3O5S. The topological polar surface area (TPSA) is 105 Å². The highest BCUT2D eigenvalue weighted by Gasteiger charge is 2.26. The third kappa shape index (κ3) is 5.88. The lowest BCUT2D eigenvalue weighted by atomic mass is 9.89. The van der Waals surface area contributed by atoms with E-state index in [-0.39, 0.29) is 16.7 Å². The molecule has 1 saturated carbocycles. The molecule has 0 radical (unpaired) electrons. The summed E-state index contributed by atoms with van der Waals surface area (Å²) in [5.41, 5.74) is 5.54. The molecule has 1 aromatic rings. The van der Waals surface area contributed by atoms with Crippen LogP contribution in [0.5, 0.6) is 0 Å². The van der Waals surface area contributed by atoms with Crippen molar-refractivity contribution in [2.75, 3.05) is 26.3 Å². The summed E-state index contributed by atoms with van der Waals surface area (Å²) < 4.78 is 31.8. The van der Waals surface area contributed by atoms with Gasteiger partial charge in [-0.25, -0.2) is 8.42 Å². The first-order valence-corrected chi connectivity index (χ1v) is 11.4. The molecule has 0 aromatic heterocycles. The van der Waals surface area contributed by atoms with Crippen LogP contribution in [0.4, 0.5) is 0 Å². The molecule has 158 valence electrons. The lowest BCUT2D eigenvalue weighted by Crippen LogP contribution is -2.44. The molecule has 9 heteroatoms. The first-order valence-electron chi connectivity index (χ1n) is 9.93. The van der Waals surface area contributed by atoms with Crippen molar-refractivity contribution in [3.63, 3.8) is 0 Å². The standard InChI is InChI=1S/C20H27N3O5S/c24-19(21-22-20(25)17-4-2-1-3-5-17)11-8-16-6-9-18(10-7-16)29(26,27)23-12-14-28-15-13-23/h6-11,17H,1-5,12-15H2,(H,21,24)(H,22,25)/b11-8+. The van der Waals surface area contributed by atoms with Gasteiger partial charge in [-0.15, -0.1) is 0 Å². The summed E-state index contributed by atoms with van der Waals surface area (Å²) in [7, 11) is -3.54. The summed E-state index contributed by atoms with van der Waals surface area (Å²) in [6.07, 6.45) is 7.83. The molecule has 1 aromatic carbocycles. The minimum Gasteiger partial charge on any atom is -0.379 e. The highest BCUT2D eigenvalue weighted by Crippen LogP contribution is 2.23. The number of sulfonamides is 1. The fourth-order valence-electron chi connectivity index (χ4n) is 3.49. The van der Waals surface area contributed by atoms with Gasteiger partial charge < -0.3 is 4.74 Å². The smallest absolute Gasteiger partial charge is 0.262 e. The molecule has 2 fully saturated rings. The van der Waals surface area contributed by atoms with Gasteiger partial charge in [0.05, 0.1) is 18.1 Å². The summed E-state index contributed by atoms with van der Waals surface area (Å²) in [6.45, 7) is 1.48. The molecule has 1 saturated heterocycles. The van der Waals surface area contributed by atoms with Crippen LogP contribution in [0.25, 0.3) is 6.08 Å². The van der Waals surface area contributed by atoms with E-state index in [2.05, 4.69) is 10.9 Å². The number of benzene rings is 1. The number of nitrogens with one attached hydrogen (secondary N) is 2. The second-order valence-corrected chi connectivity index (χ2v) is 9.17. The van der Waals surface area contributed by atoms with Gasteiger partial charge in [-0.05, 0) is 36.6 Å². The van der Waals surface area contributed by atoms with E-state index in [9.17, 15) is 18.0 Å². The van der Waals surface area contributed by atoms with E-state index in [0.717, 1.165) is 32.1 Å². The van der Waals surface area contributed by atoms with Crippen LogP contribution < -0.4 is 10.9 Å². The molecule has 3 rings (SSSR count). The predicted molar refractivity (Wildman–Crippen MR) is 108 cm³/mol. The van der Waals surface area contributed by atoms with Gasteiger partial charge in [0, 0.05) is 25.1 Å². The van der Waals surface area contributed by atoms with E-state index < -0.39 is 15.9 Å². The number of carbonyl (C=O) groups excluding carboxylic acids is 2. The molecule has 0 unspecified atom stereocenters. The van der Waals surface area contributed by atoms with Crippen LogP contribution in [0.3, 0.4) is 0 Å². The van der Waals surface area contributed by atoms with Crippen molar-refractivity contribution in [1.29, 1.82) is 0 Å². The fraction of sp³-hybridized carbons (Fsp3) is 0.500. The Morgan fingerprint density at radius 1 is 1.00 bits per heavy atom. The number of hydrogen-bond acceptors (Lipinski definition) is 5. The van der Waals surface area contributed by atoms with Gasteiger partial charge in [0.15, 0.2) is 0 Å². The number of amides is 2. The maximum absolute atomic E-state index is 12.6. The summed E-state index contributed by atoms with van der Waals surface area (Å²) in [6, 6.07) is 6.32. The number of carbonyl (C=O) groups is 2. The van der Waals surface area contributed by atoms with E-state index >= 15 is 0 Å². The van der Waals surface area contributed by atoms with Crippen LogP contribution in [0.1, 0.15) is 37.7 Å². The van der Waals surface area contributed by atoms with E-state index in [1.807, 2.05) is 0 Å². The fourth-order valence-corrected chi connectivity index (χ4v) is 4.90. The van der Waals surface area contributed by atoms with E-state index in [1.165, 1.54) is 22.5 Å². The quantitative estimate of drug-likeness (QED) is 0.553. The molecular weight excluding hydrogens is 394 g/mol. The Morgan fingerprint density at radius 3 is 2.31 bits per heavy atom. The Balaban J connectivity index is 1.51. The average Bonchev–Trinajstić information content (AvgIpc) is 2.77. The number of ether oxygens (including phenoxy) is 1. The molecule has 2 amide bonds. The van der Waals surface area contributed by atoms with E-state index in [0.29, 0.717) is 31.9 Å². The first-order chi connectivity index (χ1) is 14.0. The minimum absolute atomic E-state index is 0.0333. The largest absolute Gasteiger partial charge is 0.379 e. The van der Waals surface area contributed by atoms with Gasteiger partial charge in [0.25, 0.3) is 5.91 Å². The summed E-state index contributed by atoms with van der Waals surface area (Å²) in [4.78, 5) is 24.1. The third-order valence-corrected chi connectivity index (χ3v) is 7.11. The van der Waals surface area contributed by atoms with Crippen molar-refractivity contribution < 1.29 is 22.7 Å². The Hall–Kier alpha value is -2.23. The Bertz CT molecular complexity index is 839. The lowest BCUT2D eigenvalue weighted by molar-refractivity contribution is -0.130. The molecule has 0 bridgehead atoms. The summed E-state index contributed by atoms with van der Waals surface area (Å²) >= 11 is 0. The van der Waals surface area contributed by atoms with Crippen molar-refractivity contribution in [2.45, 2.75) is 37.0 Å². The van der Waals surface area contributed by atoms with Crippen LogP contribution in [0, 0.1) is 5.92 Å². The van der Waals surface area contributed by atoms with Gasteiger partial charge in [0.1, 0.15) is 0 Å². The monoisotopic (exact) mass is 421 g/mol. The molecule has 1 aliphatic heterocycles. The average molecular weight is 422 g/mol. The Morgan fingerprint density at radius 2 is 1.66 bits per heavy atom. The van der Waals surface area contributed by atoms with Crippen LogP contribution >= 0.6 is 0 Å². The number of hydrazine groups is 1. The lowest BCUT2D eigenvalue weighted by Gasteiger charge is -2.26. The van der Waals surface area contributed by atoms with Crippen LogP contribution in [-0.4, -0.2) is 50.8 Å². The molecule has 2 N–H and O–H groups in total. The molecule has 8 nitrogen and oxygen atoms in total. The summed E-state index contributed by atoms with van der Waals surface area (Å²) in [5.74, 6) is -0.628. The molecule has 2 aliphatic rings. The van der Waals surface area contributed by atoms with E-state index in [1.54, 1.807) is 18.2 Å². The van der Waals surface area contributed by atoms with Crippen molar-refractivity contribution in [3.8, 4) is 0 Å². The highest BCUT2D eigenvalue weighted by atomic mass is 32.2. The SMILES string of the molecule is O=C(/C=C/c1ccc(S(=O)(=O)N2CCOCC2)cc1)NNC(=O)C1CCCCC1. The van der Waals surface area contributed by atoms with Crippen LogP contribution in [-0.2, 0) is 24.3 Å². The predicted octanol–water partition coefficient (Wildman–Crippen LogP) is 1.45. The molecule has 1 aliphatic carbocycles. The maximum Gasteiger partial charge on any atom is 0.262 e. The van der Waals surface area contributed by atoms with Gasteiger partial charge in [-0.1, -0.05) is 31.4 Å². The summed E-state index contributed by atoms with van der Waals surface area (Å²) in [5, 5.41) is 0. The van der Waals surface area contributed by atoms with Crippen molar-refractivity contribution in [1.82, 2.24) is 15.2 Å². The van der Waals surface area contributed by atoms with Gasteiger partial charge in [-0.3, -0.25) is 20.4 Å². The second-order valence-electron chi connectivity index (χ2n) is 7.23. The highest BCUT2D eigenvalue weighted by molar-refractivity contribution is 7.89. The minimum atomic E-state index is -3.54. The number of nitrogens with zero attached hydrogens (tertiary/aromatic N) is 1. The zero-order chi connectivity index (χ0) is 20.7. The molecule has 29 heavy (non-hydrogen) atoms. The molecule has 0 atom stereocenters. The van der Waals surface area contributed by atoms with Crippen molar-refractivity contribution in [2.24, 2.45) is 5.92 Å². The van der Waals surface area contributed by atoms with Gasteiger partial charge in [-0.2, -0.15) is 4.31 Å². The van der Waals surface area contributed by atoms with Crippen molar-refractivity contribution >= 4 is 27.9 Å². The van der Waals surface area contributed by atoms with Gasteiger partial charge >= 0.3 is 0 Å². The molecule has 1 heterocycles. The van der Waals surface area contributed by atoms with Gasteiger partial charge in [0.2, 0.25) is 15.9 Å². The van der Waals surface area contributed by atoms with Crippen LogP contribution in [0.15, 0.2) is 35.2 Å². The Kier molecular flexibility index (Phi) is 7.40. The zero-order valence-corrected chi connectivity index (χ0v) is 17.1. The zero-order valence-electron chi connectivity index (χ0n) is 16.3. The maximum atomic E-state index is 12.6. The second kappa shape index (κ2) is 10.00. The Labute approximate surface area is 171 Å². The number of morpholine rings is 1. The third-order valence-electron chi connectivity index (χ3n) is 5.20. The number of hydrogen-bond donors (Lipinski definition) is 2. The first kappa shape index (κ1) is 21.5. The van der Waals surface area contributed by atoms with E-state index in [4.69, 9.17) is 4.74 Å². The normalized spacial score (nSPS) is 19.2. The molecule has 0 spiro atoms. The number of rotatable bonds is 5. The van der Waals surface area contributed by atoms with Crippen molar-refractivity contribution in [3.05, 3.63) is 35.9 Å². The van der Waals surface area contributed by atoms with Crippen LogP contribution in [0.2, 0.25) is 0 Å².